The van der Waals surface area contributed by atoms with Gasteiger partial charge in [-0.25, -0.2) is 4.79 Å². The van der Waals surface area contributed by atoms with Gasteiger partial charge in [0.05, 0.1) is 19.4 Å². The number of ether oxygens (including phenoxy) is 1. The minimum Gasteiger partial charge on any atom is -0.453 e. The van der Waals surface area contributed by atoms with E-state index < -0.39 is 13.0 Å². The molecule has 1 saturated heterocycles. The first-order chi connectivity index (χ1) is 5.49. The molecule has 1 N–H and O–H groups in total. The molecule has 0 radical (unpaired) electrons. The second-order valence-corrected chi connectivity index (χ2v) is 4.74. The molecule has 5 nitrogen and oxygen atoms in total. The summed E-state index contributed by atoms with van der Waals surface area (Å²) in [6.07, 6.45) is 0.0250. The van der Waals surface area contributed by atoms with Crippen LogP contribution in [0.5, 0.6) is 0 Å². The van der Waals surface area contributed by atoms with Crippen LogP contribution in [0, 0.1) is 5.92 Å². The monoisotopic (exact) mass is 214 g/mol. The SMILES string of the molecule is O=C(Cl)OCC1COP(=O)(O)C1. The molecule has 2 atom stereocenters. The standard InChI is InChI=1S/C5H8ClO5P/c6-5(7)10-1-4-2-11-12(8,9)3-4/h4H,1-3H2,(H,8,9). The van der Waals surface area contributed by atoms with E-state index in [0.717, 1.165) is 0 Å². The summed E-state index contributed by atoms with van der Waals surface area (Å²) < 4.78 is 19.8. The van der Waals surface area contributed by atoms with Crippen LogP contribution in [0.3, 0.4) is 0 Å². The Morgan fingerprint density at radius 3 is 2.92 bits per heavy atom. The lowest BCUT2D eigenvalue weighted by molar-refractivity contribution is 0.146. The molecular formula is C5H8ClO5P. The highest BCUT2D eigenvalue weighted by molar-refractivity contribution is 7.53. The van der Waals surface area contributed by atoms with Crippen molar-refractivity contribution in [3.63, 3.8) is 0 Å². The highest BCUT2D eigenvalue weighted by Gasteiger charge is 2.34. The van der Waals surface area contributed by atoms with Crippen molar-refractivity contribution in [1.82, 2.24) is 0 Å². The number of carbonyl (C=O) groups is 1. The molecule has 7 heteroatoms. The van der Waals surface area contributed by atoms with Crippen molar-refractivity contribution in [2.75, 3.05) is 19.4 Å². The number of hydrogen-bond acceptors (Lipinski definition) is 4. The molecule has 0 aromatic heterocycles. The van der Waals surface area contributed by atoms with E-state index >= 15 is 0 Å². The molecule has 2 unspecified atom stereocenters. The largest absolute Gasteiger partial charge is 0.453 e. The summed E-state index contributed by atoms with van der Waals surface area (Å²) in [5, 5.41) is 0. The molecule has 0 amide bonds. The van der Waals surface area contributed by atoms with Gasteiger partial charge in [-0.15, -0.1) is 0 Å². The van der Waals surface area contributed by atoms with Gasteiger partial charge in [-0.1, -0.05) is 0 Å². The Morgan fingerprint density at radius 2 is 2.50 bits per heavy atom. The van der Waals surface area contributed by atoms with Gasteiger partial charge in [-0.05, 0) is 0 Å². The van der Waals surface area contributed by atoms with E-state index in [4.69, 9.17) is 16.5 Å². The minimum atomic E-state index is -3.39. The highest BCUT2D eigenvalue weighted by Crippen LogP contribution is 2.49. The Morgan fingerprint density at radius 1 is 1.83 bits per heavy atom. The second kappa shape index (κ2) is 3.75. The van der Waals surface area contributed by atoms with Gasteiger partial charge in [-0.3, -0.25) is 4.57 Å². The Kier molecular flexibility index (Phi) is 3.12. The normalized spacial score (nSPS) is 35.0. The maximum Gasteiger partial charge on any atom is 0.403 e. The van der Waals surface area contributed by atoms with Crippen LogP contribution in [0.15, 0.2) is 0 Å². The Labute approximate surface area is 74.1 Å². The molecule has 1 rings (SSSR count). The predicted molar refractivity (Wildman–Crippen MR) is 41.3 cm³/mol. The van der Waals surface area contributed by atoms with E-state index in [1.165, 1.54) is 0 Å². The molecule has 0 aromatic carbocycles. The molecular weight excluding hydrogens is 206 g/mol. The van der Waals surface area contributed by atoms with Crippen molar-refractivity contribution in [2.24, 2.45) is 5.92 Å². The van der Waals surface area contributed by atoms with E-state index in [1.807, 2.05) is 0 Å². The summed E-state index contributed by atoms with van der Waals surface area (Å²) in [6.45, 7) is 0.171. The molecule has 0 spiro atoms. The molecule has 1 heterocycles. The van der Waals surface area contributed by atoms with Crippen molar-refractivity contribution in [3.05, 3.63) is 0 Å². The highest BCUT2D eigenvalue weighted by atomic mass is 35.5. The van der Waals surface area contributed by atoms with Crippen LogP contribution in [-0.4, -0.2) is 29.7 Å². The van der Waals surface area contributed by atoms with Crippen LogP contribution in [0.2, 0.25) is 0 Å². The quantitative estimate of drug-likeness (QED) is 0.552. The van der Waals surface area contributed by atoms with Crippen LogP contribution in [-0.2, 0) is 13.8 Å². The van der Waals surface area contributed by atoms with E-state index in [-0.39, 0.29) is 25.3 Å². The van der Waals surface area contributed by atoms with Gasteiger partial charge >= 0.3 is 13.0 Å². The molecule has 0 aliphatic carbocycles. The van der Waals surface area contributed by atoms with Gasteiger partial charge in [0, 0.05) is 17.5 Å². The molecule has 70 valence electrons. The molecule has 1 aliphatic heterocycles. The third-order valence-electron chi connectivity index (χ3n) is 1.43. The molecule has 0 aromatic rings. The van der Waals surface area contributed by atoms with Crippen molar-refractivity contribution in [1.29, 1.82) is 0 Å². The van der Waals surface area contributed by atoms with Gasteiger partial charge in [0.25, 0.3) is 0 Å². The number of halogens is 1. The van der Waals surface area contributed by atoms with Crippen LogP contribution in [0.25, 0.3) is 0 Å². The maximum absolute atomic E-state index is 10.8. The Balaban J connectivity index is 2.29. The van der Waals surface area contributed by atoms with E-state index in [2.05, 4.69) is 9.26 Å². The average Bonchev–Trinajstić information content (AvgIpc) is 2.26. The zero-order valence-electron chi connectivity index (χ0n) is 6.10. The number of rotatable bonds is 2. The van der Waals surface area contributed by atoms with Gasteiger partial charge in [0.15, 0.2) is 0 Å². The lowest BCUT2D eigenvalue weighted by atomic mass is 10.2. The summed E-state index contributed by atoms with van der Waals surface area (Å²) in [6, 6.07) is 0. The molecule has 1 fully saturated rings. The lowest BCUT2D eigenvalue weighted by Gasteiger charge is -2.04. The first-order valence-corrected chi connectivity index (χ1v) is 5.42. The average molecular weight is 215 g/mol. The summed E-state index contributed by atoms with van der Waals surface area (Å²) >= 11 is 4.89. The molecule has 0 saturated carbocycles. The summed E-state index contributed by atoms with van der Waals surface area (Å²) in [4.78, 5) is 19.0. The maximum atomic E-state index is 10.8. The van der Waals surface area contributed by atoms with Crippen LogP contribution < -0.4 is 0 Å². The topological polar surface area (TPSA) is 72.8 Å². The van der Waals surface area contributed by atoms with Gasteiger partial charge in [-0.2, -0.15) is 0 Å². The molecule has 1 aliphatic rings. The zero-order chi connectivity index (χ0) is 9.19. The van der Waals surface area contributed by atoms with Crippen LogP contribution >= 0.6 is 19.2 Å². The van der Waals surface area contributed by atoms with Gasteiger partial charge in [0.2, 0.25) is 0 Å². The predicted octanol–water partition coefficient (Wildman–Crippen LogP) is 1.19. The molecule has 12 heavy (non-hydrogen) atoms. The smallest absolute Gasteiger partial charge is 0.403 e. The van der Waals surface area contributed by atoms with E-state index in [0.29, 0.717) is 0 Å². The Hall–Kier alpha value is -0.0900. The fourth-order valence-electron chi connectivity index (χ4n) is 0.938. The fourth-order valence-corrected chi connectivity index (χ4v) is 2.41. The van der Waals surface area contributed by atoms with Crippen LogP contribution in [0.1, 0.15) is 0 Å². The summed E-state index contributed by atoms with van der Waals surface area (Å²) in [7, 11) is -3.39. The van der Waals surface area contributed by atoms with E-state index in [1.54, 1.807) is 0 Å². The first-order valence-electron chi connectivity index (χ1n) is 3.28. The van der Waals surface area contributed by atoms with Crippen molar-refractivity contribution in [2.45, 2.75) is 0 Å². The summed E-state index contributed by atoms with van der Waals surface area (Å²) in [5.74, 6) is -0.219. The third-order valence-corrected chi connectivity index (χ3v) is 3.07. The first kappa shape index (κ1) is 9.99. The lowest BCUT2D eigenvalue weighted by Crippen LogP contribution is -2.12. The van der Waals surface area contributed by atoms with Crippen molar-refractivity contribution >= 4 is 24.6 Å². The summed E-state index contributed by atoms with van der Waals surface area (Å²) in [5.41, 5.74) is -0.908. The van der Waals surface area contributed by atoms with Crippen molar-refractivity contribution in [3.8, 4) is 0 Å². The minimum absolute atomic E-state index is 0.0250. The second-order valence-electron chi connectivity index (χ2n) is 2.53. The van der Waals surface area contributed by atoms with Crippen molar-refractivity contribution < 1.29 is 23.5 Å². The molecule has 0 bridgehead atoms. The number of carbonyl (C=O) groups excluding carboxylic acids is 1. The third kappa shape index (κ3) is 3.11. The fraction of sp³-hybridized carbons (Fsp3) is 0.800. The van der Waals surface area contributed by atoms with Gasteiger partial charge < -0.3 is 14.2 Å². The van der Waals surface area contributed by atoms with Crippen LogP contribution in [0.4, 0.5) is 4.79 Å². The zero-order valence-corrected chi connectivity index (χ0v) is 7.75. The van der Waals surface area contributed by atoms with E-state index in [9.17, 15) is 9.36 Å². The van der Waals surface area contributed by atoms with Gasteiger partial charge in [0.1, 0.15) is 0 Å². The Bertz CT molecular complexity index is 230. The number of hydrogen-bond donors (Lipinski definition) is 1.